The Kier molecular flexibility index (Phi) is 70.0. The Hall–Kier alpha value is -2.37. The van der Waals surface area contributed by atoms with Gasteiger partial charge < -0.3 is 14.2 Å². The monoisotopic (exact) mass is 1170 g/mol. The highest BCUT2D eigenvalue weighted by atomic mass is 16.6. The average molecular weight is 1170 g/mol. The molecule has 0 fully saturated rings. The highest BCUT2D eigenvalue weighted by Gasteiger charge is 2.20. The maximum atomic E-state index is 13.0. The van der Waals surface area contributed by atoms with Crippen LogP contribution in [0.4, 0.5) is 0 Å². The Morgan fingerprint density at radius 1 is 0.229 bits per heavy atom. The number of unbranched alkanes of at least 4 members (excludes halogenated alkanes) is 53. The van der Waals surface area contributed by atoms with Gasteiger partial charge >= 0.3 is 17.9 Å². The summed E-state index contributed by atoms with van der Waals surface area (Å²) in [6.07, 6.45) is 90.4. The Morgan fingerprint density at radius 3 is 0.602 bits per heavy atom. The minimum absolute atomic E-state index is 0.0688. The molecule has 0 N–H and O–H groups in total. The van der Waals surface area contributed by atoms with Gasteiger partial charge in [0.15, 0.2) is 6.10 Å². The average Bonchev–Trinajstić information content (AvgIpc) is 3.50. The zero-order chi connectivity index (χ0) is 59.9. The molecule has 0 bridgehead atoms. The van der Waals surface area contributed by atoms with Gasteiger partial charge in [-0.05, 0) is 96.3 Å². The summed E-state index contributed by atoms with van der Waals surface area (Å²) in [6.45, 7) is 6.71. The Bertz CT molecular complexity index is 1380. The molecule has 0 saturated carbocycles. The number of carbonyl (C=O) groups excluding carboxylic acids is 3. The normalized spacial score (nSPS) is 12.2. The van der Waals surface area contributed by atoms with Crippen LogP contribution in [0.1, 0.15) is 419 Å². The molecular weight excluding hydrogens is 1020 g/mol. The molecule has 0 aromatic heterocycles. The number of allylic oxidation sites excluding steroid dienone is 6. The van der Waals surface area contributed by atoms with Gasteiger partial charge in [-0.2, -0.15) is 0 Å². The highest BCUT2D eigenvalue weighted by Crippen LogP contribution is 2.19. The van der Waals surface area contributed by atoms with Crippen molar-refractivity contribution >= 4 is 17.9 Å². The van der Waals surface area contributed by atoms with E-state index in [2.05, 4.69) is 57.2 Å². The molecule has 0 aliphatic rings. The van der Waals surface area contributed by atoms with Gasteiger partial charge in [0.25, 0.3) is 0 Å². The predicted octanol–water partition coefficient (Wildman–Crippen LogP) is 25.9. The van der Waals surface area contributed by atoms with Gasteiger partial charge in [-0.15, -0.1) is 0 Å². The fourth-order valence-electron chi connectivity index (χ4n) is 11.4. The van der Waals surface area contributed by atoms with E-state index in [1.54, 1.807) is 0 Å². The molecule has 0 aromatic carbocycles. The first-order valence-electron chi connectivity index (χ1n) is 37.5. The maximum absolute atomic E-state index is 13.0. The quantitative estimate of drug-likeness (QED) is 0.0261. The van der Waals surface area contributed by atoms with E-state index in [0.717, 1.165) is 57.8 Å². The second-order valence-electron chi connectivity index (χ2n) is 25.6. The largest absolute Gasteiger partial charge is 0.462 e. The van der Waals surface area contributed by atoms with Crippen molar-refractivity contribution in [2.24, 2.45) is 0 Å². The third-order valence-electron chi connectivity index (χ3n) is 17.1. The topological polar surface area (TPSA) is 78.9 Å². The molecule has 0 aliphatic heterocycles. The molecule has 83 heavy (non-hydrogen) atoms. The lowest BCUT2D eigenvalue weighted by Gasteiger charge is -2.18. The Balaban J connectivity index is 4.27. The second-order valence-corrected chi connectivity index (χ2v) is 25.6. The van der Waals surface area contributed by atoms with Crippen LogP contribution in [-0.2, 0) is 28.6 Å². The summed E-state index contributed by atoms with van der Waals surface area (Å²) in [4.78, 5) is 38.5. The van der Waals surface area contributed by atoms with Crippen LogP contribution in [0.2, 0.25) is 0 Å². The number of carbonyl (C=O) groups is 3. The first-order chi connectivity index (χ1) is 41.0. The lowest BCUT2D eigenvalue weighted by Crippen LogP contribution is -2.30. The third-order valence-corrected chi connectivity index (χ3v) is 17.1. The lowest BCUT2D eigenvalue weighted by atomic mass is 10.0. The van der Waals surface area contributed by atoms with Gasteiger partial charge in [-0.1, -0.05) is 340 Å². The van der Waals surface area contributed by atoms with Crippen molar-refractivity contribution in [3.63, 3.8) is 0 Å². The van der Waals surface area contributed by atoms with Crippen molar-refractivity contribution in [3.05, 3.63) is 36.5 Å². The van der Waals surface area contributed by atoms with Crippen LogP contribution in [0.5, 0.6) is 0 Å². The van der Waals surface area contributed by atoms with Crippen LogP contribution < -0.4 is 0 Å². The summed E-state index contributed by atoms with van der Waals surface area (Å²) in [5, 5.41) is 0. The molecule has 0 aromatic rings. The molecule has 1 atom stereocenters. The number of ether oxygens (including phenoxy) is 3. The standard InChI is InChI=1S/C77H144O6/c1-4-7-10-13-16-19-22-25-28-31-34-35-36-37-38-39-40-41-44-46-49-52-55-58-61-64-67-70-76(79)82-73-74(83-77(80)71-68-65-62-59-56-53-50-47-43-33-30-27-24-21-18-15-12-9-6-3)72-81-75(78)69-66-63-60-57-54-51-48-45-42-32-29-26-23-20-17-14-11-8-5-2/h26-27,29-31,34,74H,4-25,28,32-33,35-73H2,1-3H3/b29-26-,30-27-,34-31-. The van der Waals surface area contributed by atoms with Gasteiger partial charge in [0.1, 0.15) is 13.2 Å². The van der Waals surface area contributed by atoms with Crippen LogP contribution >= 0.6 is 0 Å². The van der Waals surface area contributed by atoms with Crippen molar-refractivity contribution in [2.45, 2.75) is 425 Å². The smallest absolute Gasteiger partial charge is 0.306 e. The van der Waals surface area contributed by atoms with Crippen LogP contribution in [0.25, 0.3) is 0 Å². The summed E-state index contributed by atoms with van der Waals surface area (Å²) in [5.74, 6) is -0.841. The predicted molar refractivity (Wildman–Crippen MR) is 362 cm³/mol. The zero-order valence-electron chi connectivity index (χ0n) is 56.2. The lowest BCUT2D eigenvalue weighted by molar-refractivity contribution is -0.167. The molecular formula is C77H144O6. The van der Waals surface area contributed by atoms with Gasteiger partial charge in [0.2, 0.25) is 0 Å². The van der Waals surface area contributed by atoms with Crippen LogP contribution in [-0.4, -0.2) is 37.2 Å². The van der Waals surface area contributed by atoms with E-state index >= 15 is 0 Å². The Labute approximate surface area is 518 Å². The molecule has 0 aliphatic carbocycles. The van der Waals surface area contributed by atoms with Gasteiger partial charge in [-0.25, -0.2) is 0 Å². The summed E-state index contributed by atoms with van der Waals surface area (Å²) >= 11 is 0. The summed E-state index contributed by atoms with van der Waals surface area (Å²) < 4.78 is 17.0. The van der Waals surface area contributed by atoms with Gasteiger partial charge in [-0.3, -0.25) is 14.4 Å². The molecule has 1 unspecified atom stereocenters. The number of esters is 3. The first kappa shape index (κ1) is 80.6. The van der Waals surface area contributed by atoms with E-state index in [-0.39, 0.29) is 31.1 Å². The van der Waals surface area contributed by atoms with E-state index in [0.29, 0.717) is 19.3 Å². The van der Waals surface area contributed by atoms with E-state index in [1.165, 1.54) is 321 Å². The number of hydrogen-bond acceptors (Lipinski definition) is 6. The van der Waals surface area contributed by atoms with Crippen molar-refractivity contribution < 1.29 is 28.6 Å². The van der Waals surface area contributed by atoms with E-state index in [1.807, 2.05) is 0 Å². The first-order valence-corrected chi connectivity index (χ1v) is 37.5. The summed E-state index contributed by atoms with van der Waals surface area (Å²) in [5.41, 5.74) is 0. The molecule has 0 spiro atoms. The Morgan fingerprint density at radius 2 is 0.398 bits per heavy atom. The van der Waals surface area contributed by atoms with E-state index < -0.39 is 6.10 Å². The van der Waals surface area contributed by atoms with Gasteiger partial charge in [0.05, 0.1) is 0 Å². The van der Waals surface area contributed by atoms with Crippen LogP contribution in [0, 0.1) is 0 Å². The fourth-order valence-corrected chi connectivity index (χ4v) is 11.4. The zero-order valence-corrected chi connectivity index (χ0v) is 56.2. The highest BCUT2D eigenvalue weighted by molar-refractivity contribution is 5.71. The molecule has 6 heteroatoms. The van der Waals surface area contributed by atoms with Crippen molar-refractivity contribution in [1.82, 2.24) is 0 Å². The van der Waals surface area contributed by atoms with Crippen molar-refractivity contribution in [1.29, 1.82) is 0 Å². The molecule has 0 saturated heterocycles. The van der Waals surface area contributed by atoms with Crippen molar-refractivity contribution in [2.75, 3.05) is 13.2 Å². The van der Waals surface area contributed by atoms with Crippen LogP contribution in [0.15, 0.2) is 36.5 Å². The van der Waals surface area contributed by atoms with E-state index in [9.17, 15) is 14.4 Å². The molecule has 0 heterocycles. The molecule has 6 nitrogen and oxygen atoms in total. The SMILES string of the molecule is CCCCCCCC/C=C\CCCCCCCCCCCC(=O)OCC(COC(=O)CCCCCCCCCCCCCCCCC/C=C\CCCCCCCCCC)OC(=O)CCCCCCCCCCC/C=C\CCCCCCCC. The molecule has 0 radical (unpaired) electrons. The van der Waals surface area contributed by atoms with Gasteiger partial charge in [0, 0.05) is 19.3 Å². The molecule has 488 valence electrons. The fraction of sp³-hybridized carbons (Fsp3) is 0.883. The minimum Gasteiger partial charge on any atom is -0.462 e. The number of rotatable bonds is 70. The third kappa shape index (κ3) is 70.3. The van der Waals surface area contributed by atoms with E-state index in [4.69, 9.17) is 14.2 Å². The van der Waals surface area contributed by atoms with Crippen molar-refractivity contribution in [3.8, 4) is 0 Å². The minimum atomic E-state index is -0.774. The summed E-state index contributed by atoms with van der Waals surface area (Å²) in [7, 11) is 0. The molecule has 0 rings (SSSR count). The van der Waals surface area contributed by atoms with Crippen LogP contribution in [0.3, 0.4) is 0 Å². The summed E-state index contributed by atoms with van der Waals surface area (Å²) in [6, 6.07) is 0. The number of hydrogen-bond donors (Lipinski definition) is 0. The molecule has 0 amide bonds. The maximum Gasteiger partial charge on any atom is 0.306 e. The second kappa shape index (κ2) is 72.1.